The van der Waals surface area contributed by atoms with Gasteiger partial charge < -0.3 is 21.6 Å². The highest BCUT2D eigenvalue weighted by Gasteiger charge is 2.15. The number of benzene rings is 1. The zero-order valence-electron chi connectivity index (χ0n) is 12.4. The highest BCUT2D eigenvalue weighted by molar-refractivity contribution is 6.31. The van der Waals surface area contributed by atoms with Gasteiger partial charge in [-0.3, -0.25) is 0 Å². The fraction of sp³-hybridized carbons (Fsp3) is 0.125. The Morgan fingerprint density at radius 3 is 2.83 bits per heavy atom. The maximum atomic E-state index is 13.4. The summed E-state index contributed by atoms with van der Waals surface area (Å²) in [5.74, 6) is 0.0721. The van der Waals surface area contributed by atoms with Crippen molar-refractivity contribution < 1.29 is 9.13 Å². The molecule has 0 aliphatic heterocycles. The van der Waals surface area contributed by atoms with Gasteiger partial charge in [-0.1, -0.05) is 11.6 Å². The van der Waals surface area contributed by atoms with Gasteiger partial charge in [-0.2, -0.15) is 0 Å². The van der Waals surface area contributed by atoms with Gasteiger partial charge in [0.2, 0.25) is 0 Å². The lowest BCUT2D eigenvalue weighted by atomic mass is 10.1. The normalized spacial score (nSPS) is 12.7. The van der Waals surface area contributed by atoms with E-state index in [1.807, 2.05) is 0 Å². The first kappa shape index (κ1) is 16.8. The first-order valence-corrected chi connectivity index (χ1v) is 7.14. The summed E-state index contributed by atoms with van der Waals surface area (Å²) in [6.45, 7) is 1.73. The molecule has 0 radical (unpaired) electrons. The van der Waals surface area contributed by atoms with Crippen molar-refractivity contribution in [1.82, 2.24) is 4.98 Å². The fourth-order valence-electron chi connectivity index (χ4n) is 2.02. The van der Waals surface area contributed by atoms with Gasteiger partial charge in [0, 0.05) is 40.3 Å². The predicted octanol–water partition coefficient (Wildman–Crippen LogP) is 3.55. The van der Waals surface area contributed by atoms with Crippen LogP contribution in [0.2, 0.25) is 5.02 Å². The number of nitrogens with zero attached hydrogens (tertiary/aromatic N) is 1. The Bertz CT molecular complexity index is 764. The molecule has 7 heteroatoms. The minimum absolute atomic E-state index is 0.175. The van der Waals surface area contributed by atoms with Crippen LogP contribution in [0, 0.1) is 11.2 Å². The van der Waals surface area contributed by atoms with Crippen LogP contribution in [0.5, 0.6) is 5.75 Å². The lowest BCUT2D eigenvalue weighted by molar-refractivity contribution is 0.227. The second kappa shape index (κ2) is 7.11. The monoisotopic (exact) mass is 334 g/mol. The molecule has 23 heavy (non-hydrogen) atoms. The Labute approximate surface area is 138 Å². The molecule has 2 aromatic rings. The molecule has 0 bridgehead atoms. The van der Waals surface area contributed by atoms with E-state index in [1.165, 1.54) is 30.6 Å². The number of pyridine rings is 1. The quantitative estimate of drug-likeness (QED) is 0.728. The standard InChI is InChI=1S/C16H16ClFN4O/c1-9(13-5-12(18)2-3-14(13)17)23-15-4-10(8-22-16(15)21)11(6-19)7-20/h2-9,19H,20H2,1H3,(H2,21,22)/b11-7+,19-6?. The summed E-state index contributed by atoms with van der Waals surface area (Å²) >= 11 is 6.07. The van der Waals surface area contributed by atoms with Crippen molar-refractivity contribution in [3.05, 3.63) is 58.6 Å². The van der Waals surface area contributed by atoms with Crippen molar-refractivity contribution in [3.63, 3.8) is 0 Å². The molecule has 1 aromatic carbocycles. The number of nitrogen functional groups attached to an aromatic ring is 1. The van der Waals surface area contributed by atoms with E-state index in [9.17, 15) is 4.39 Å². The Kier molecular flexibility index (Phi) is 5.18. The molecule has 5 nitrogen and oxygen atoms in total. The number of halogens is 2. The Hall–Kier alpha value is -2.60. The zero-order valence-corrected chi connectivity index (χ0v) is 13.1. The summed E-state index contributed by atoms with van der Waals surface area (Å²) in [5.41, 5.74) is 12.8. The summed E-state index contributed by atoms with van der Waals surface area (Å²) in [4.78, 5) is 4.03. The van der Waals surface area contributed by atoms with E-state index >= 15 is 0 Å². The average molecular weight is 335 g/mol. The van der Waals surface area contributed by atoms with Gasteiger partial charge >= 0.3 is 0 Å². The summed E-state index contributed by atoms with van der Waals surface area (Å²) in [6, 6.07) is 5.67. The van der Waals surface area contributed by atoms with Crippen molar-refractivity contribution in [2.75, 3.05) is 5.73 Å². The SMILES string of the molecule is CC(Oc1cc(/C(C=N)=C/N)cnc1N)c1cc(F)ccc1Cl. The number of aromatic nitrogens is 1. The minimum Gasteiger partial charge on any atom is -0.482 e. The van der Waals surface area contributed by atoms with Crippen LogP contribution in [0.1, 0.15) is 24.2 Å². The van der Waals surface area contributed by atoms with Crippen molar-refractivity contribution in [2.45, 2.75) is 13.0 Å². The molecular weight excluding hydrogens is 319 g/mol. The van der Waals surface area contributed by atoms with Gasteiger partial charge in [-0.15, -0.1) is 0 Å². The first-order chi connectivity index (χ1) is 11.0. The molecule has 2 rings (SSSR count). The molecule has 5 N–H and O–H groups in total. The van der Waals surface area contributed by atoms with Gasteiger partial charge in [0.25, 0.3) is 0 Å². The molecule has 1 unspecified atom stereocenters. The first-order valence-electron chi connectivity index (χ1n) is 6.76. The smallest absolute Gasteiger partial charge is 0.166 e. The fourth-order valence-corrected chi connectivity index (χ4v) is 2.29. The molecule has 1 heterocycles. The molecule has 0 saturated carbocycles. The third kappa shape index (κ3) is 3.78. The number of allylic oxidation sites excluding steroid dienone is 1. The number of nitrogens with two attached hydrogens (primary N) is 2. The van der Waals surface area contributed by atoms with Crippen LogP contribution in [0.25, 0.3) is 5.57 Å². The second-order valence-electron chi connectivity index (χ2n) is 4.80. The van der Waals surface area contributed by atoms with E-state index in [2.05, 4.69) is 4.98 Å². The van der Waals surface area contributed by atoms with E-state index in [4.69, 9.17) is 33.2 Å². The number of nitrogens with one attached hydrogen (secondary N) is 1. The Balaban J connectivity index is 2.33. The molecule has 0 saturated heterocycles. The summed E-state index contributed by atoms with van der Waals surface area (Å²) in [6.07, 6.45) is 3.34. The van der Waals surface area contributed by atoms with E-state index in [-0.39, 0.29) is 5.82 Å². The van der Waals surface area contributed by atoms with Crippen LogP contribution in [0.15, 0.2) is 36.7 Å². The third-order valence-electron chi connectivity index (χ3n) is 3.25. The van der Waals surface area contributed by atoms with E-state index in [0.717, 1.165) is 6.21 Å². The molecule has 0 aliphatic rings. The maximum absolute atomic E-state index is 13.4. The molecule has 0 aliphatic carbocycles. The number of hydrogen-bond donors (Lipinski definition) is 3. The van der Waals surface area contributed by atoms with Crippen LogP contribution in [-0.2, 0) is 0 Å². The summed E-state index contributed by atoms with van der Waals surface area (Å²) in [7, 11) is 0. The highest BCUT2D eigenvalue weighted by atomic mass is 35.5. The molecule has 0 spiro atoms. The third-order valence-corrected chi connectivity index (χ3v) is 3.59. The summed E-state index contributed by atoms with van der Waals surface area (Å²) in [5, 5.41) is 7.71. The van der Waals surface area contributed by atoms with Crippen molar-refractivity contribution in [2.24, 2.45) is 5.73 Å². The van der Waals surface area contributed by atoms with E-state index in [1.54, 1.807) is 13.0 Å². The highest BCUT2D eigenvalue weighted by Crippen LogP contribution is 2.31. The van der Waals surface area contributed by atoms with Crippen LogP contribution in [-0.4, -0.2) is 11.2 Å². The van der Waals surface area contributed by atoms with Crippen LogP contribution in [0.3, 0.4) is 0 Å². The second-order valence-corrected chi connectivity index (χ2v) is 5.21. The number of rotatable bonds is 5. The lowest BCUT2D eigenvalue weighted by Crippen LogP contribution is -2.07. The maximum Gasteiger partial charge on any atom is 0.166 e. The number of hydrogen-bond acceptors (Lipinski definition) is 5. The van der Waals surface area contributed by atoms with Crippen LogP contribution < -0.4 is 16.2 Å². The van der Waals surface area contributed by atoms with E-state index in [0.29, 0.717) is 27.5 Å². The topological polar surface area (TPSA) is 98.0 Å². The van der Waals surface area contributed by atoms with E-state index < -0.39 is 11.9 Å². The lowest BCUT2D eigenvalue weighted by Gasteiger charge is -2.18. The average Bonchev–Trinajstić information content (AvgIpc) is 2.53. The number of ether oxygens (including phenoxy) is 1. The van der Waals surface area contributed by atoms with Gasteiger partial charge in [0.05, 0.1) is 0 Å². The Morgan fingerprint density at radius 1 is 1.43 bits per heavy atom. The minimum atomic E-state index is -0.539. The van der Waals surface area contributed by atoms with Gasteiger partial charge in [0.1, 0.15) is 11.9 Å². The number of anilines is 1. The predicted molar refractivity (Wildman–Crippen MR) is 90.1 cm³/mol. The molecule has 1 aromatic heterocycles. The van der Waals surface area contributed by atoms with Gasteiger partial charge in [0.15, 0.2) is 11.6 Å². The Morgan fingerprint density at radius 2 is 2.17 bits per heavy atom. The summed E-state index contributed by atoms with van der Waals surface area (Å²) < 4.78 is 19.2. The molecule has 120 valence electrons. The molecule has 0 amide bonds. The van der Waals surface area contributed by atoms with Gasteiger partial charge in [-0.25, -0.2) is 9.37 Å². The van der Waals surface area contributed by atoms with Crippen molar-refractivity contribution in [3.8, 4) is 5.75 Å². The van der Waals surface area contributed by atoms with Gasteiger partial charge in [-0.05, 0) is 31.2 Å². The van der Waals surface area contributed by atoms with Crippen molar-refractivity contribution >= 4 is 29.2 Å². The zero-order chi connectivity index (χ0) is 17.0. The molecule has 1 atom stereocenters. The molecular formula is C16H16ClFN4O. The van der Waals surface area contributed by atoms with Crippen LogP contribution >= 0.6 is 11.6 Å². The van der Waals surface area contributed by atoms with Crippen molar-refractivity contribution in [1.29, 1.82) is 5.41 Å². The largest absolute Gasteiger partial charge is 0.482 e. The molecule has 0 fully saturated rings. The van der Waals surface area contributed by atoms with Crippen LogP contribution in [0.4, 0.5) is 10.2 Å².